The van der Waals surface area contributed by atoms with E-state index in [-0.39, 0.29) is 0 Å². The van der Waals surface area contributed by atoms with Gasteiger partial charge in [-0.25, -0.2) is 0 Å². The van der Waals surface area contributed by atoms with Crippen molar-refractivity contribution in [2.24, 2.45) is 0 Å². The normalized spacial score (nSPS) is 11.0. The molecule has 0 bridgehead atoms. The molecule has 6 nitrogen and oxygen atoms in total. The van der Waals surface area contributed by atoms with Gasteiger partial charge < -0.3 is 5.32 Å². The Morgan fingerprint density at radius 2 is 1.80 bits per heavy atom. The number of benzene rings is 1. The Morgan fingerprint density at radius 1 is 1.10 bits per heavy atom. The van der Waals surface area contributed by atoms with Crippen molar-refractivity contribution in [3.05, 3.63) is 30.1 Å². The fraction of sp³-hybridized carbons (Fsp3) is 0.500. The first-order valence-corrected chi connectivity index (χ1v) is 7.12. The molecule has 2 aromatic rings. The second kappa shape index (κ2) is 7.00. The van der Waals surface area contributed by atoms with Crippen LogP contribution in [-0.4, -0.2) is 44.7 Å². The first-order valence-electron chi connectivity index (χ1n) is 7.12. The predicted octanol–water partition coefficient (Wildman–Crippen LogP) is 1.94. The van der Waals surface area contributed by atoms with E-state index in [1.54, 1.807) is 4.68 Å². The molecule has 1 heterocycles. The van der Waals surface area contributed by atoms with Gasteiger partial charge in [-0.1, -0.05) is 13.8 Å². The molecule has 2 rings (SSSR count). The average Bonchev–Trinajstić information content (AvgIpc) is 2.94. The highest BCUT2D eigenvalue weighted by molar-refractivity contribution is 5.48. The van der Waals surface area contributed by atoms with Crippen molar-refractivity contribution in [2.75, 3.05) is 25.0 Å². The van der Waals surface area contributed by atoms with E-state index in [1.807, 2.05) is 24.3 Å². The minimum atomic E-state index is 0.759. The highest BCUT2D eigenvalue weighted by atomic mass is 15.5. The minimum absolute atomic E-state index is 0.759. The van der Waals surface area contributed by atoms with Gasteiger partial charge in [0.05, 0.1) is 12.2 Å². The van der Waals surface area contributed by atoms with Gasteiger partial charge in [0.1, 0.15) is 0 Å². The van der Waals surface area contributed by atoms with Crippen LogP contribution in [-0.2, 0) is 6.54 Å². The van der Waals surface area contributed by atoms with Crippen LogP contribution in [0, 0.1) is 0 Å². The van der Waals surface area contributed by atoms with Crippen LogP contribution < -0.4 is 5.32 Å². The van der Waals surface area contributed by atoms with Crippen LogP contribution in [0.2, 0.25) is 0 Å². The molecule has 1 aromatic carbocycles. The van der Waals surface area contributed by atoms with Crippen LogP contribution in [0.1, 0.15) is 26.6 Å². The fourth-order valence-corrected chi connectivity index (χ4v) is 2.08. The lowest BCUT2D eigenvalue weighted by Gasteiger charge is -2.17. The molecule has 0 atom stereocenters. The number of hydrogen-bond acceptors (Lipinski definition) is 5. The molecule has 0 saturated carbocycles. The third-order valence-corrected chi connectivity index (χ3v) is 3.29. The van der Waals surface area contributed by atoms with Gasteiger partial charge in [0.2, 0.25) is 0 Å². The third kappa shape index (κ3) is 3.33. The van der Waals surface area contributed by atoms with Gasteiger partial charge in [0.25, 0.3) is 0 Å². The molecule has 0 aliphatic heterocycles. The van der Waals surface area contributed by atoms with Gasteiger partial charge in [0, 0.05) is 12.2 Å². The van der Waals surface area contributed by atoms with E-state index in [0.717, 1.165) is 43.4 Å². The largest absolute Gasteiger partial charge is 0.385 e. The summed E-state index contributed by atoms with van der Waals surface area (Å²) in [6.45, 7) is 10.0. The fourth-order valence-electron chi connectivity index (χ4n) is 2.08. The molecular weight excluding hydrogens is 252 g/mol. The van der Waals surface area contributed by atoms with E-state index < -0.39 is 0 Å². The van der Waals surface area contributed by atoms with E-state index in [0.29, 0.717) is 0 Å². The Morgan fingerprint density at radius 3 is 2.40 bits per heavy atom. The molecule has 0 unspecified atom stereocenters. The maximum Gasteiger partial charge on any atom is 0.170 e. The Labute approximate surface area is 119 Å². The van der Waals surface area contributed by atoms with E-state index in [1.165, 1.54) is 0 Å². The molecule has 108 valence electrons. The van der Waals surface area contributed by atoms with Crippen LogP contribution in [0.4, 0.5) is 5.69 Å². The number of tetrazole rings is 1. The number of nitrogens with zero attached hydrogens (tertiary/aromatic N) is 5. The maximum atomic E-state index is 4.13. The summed E-state index contributed by atoms with van der Waals surface area (Å²) in [4.78, 5) is 2.29. The molecule has 1 N–H and O–H groups in total. The lowest BCUT2D eigenvalue weighted by Crippen LogP contribution is -2.24. The quantitative estimate of drug-likeness (QED) is 0.836. The highest BCUT2D eigenvalue weighted by Crippen LogP contribution is 2.14. The minimum Gasteiger partial charge on any atom is -0.385 e. The molecule has 0 radical (unpaired) electrons. The first-order chi connectivity index (χ1) is 9.78. The van der Waals surface area contributed by atoms with Crippen molar-refractivity contribution in [3.8, 4) is 5.69 Å². The zero-order chi connectivity index (χ0) is 14.4. The van der Waals surface area contributed by atoms with Crippen molar-refractivity contribution in [1.29, 1.82) is 0 Å². The van der Waals surface area contributed by atoms with Crippen molar-refractivity contribution >= 4 is 5.69 Å². The van der Waals surface area contributed by atoms with Gasteiger partial charge >= 0.3 is 0 Å². The first kappa shape index (κ1) is 14.5. The lowest BCUT2D eigenvalue weighted by atomic mass is 10.2. The monoisotopic (exact) mass is 274 g/mol. The third-order valence-electron chi connectivity index (χ3n) is 3.29. The number of anilines is 1. The predicted molar refractivity (Wildman–Crippen MR) is 79.9 cm³/mol. The molecule has 0 fully saturated rings. The molecule has 0 spiro atoms. The lowest BCUT2D eigenvalue weighted by molar-refractivity contribution is 0.285. The summed E-state index contributed by atoms with van der Waals surface area (Å²) in [5.74, 6) is 0.866. The Bertz CT molecular complexity index is 515. The zero-order valence-corrected chi connectivity index (χ0v) is 12.4. The molecule has 1 aromatic heterocycles. The average molecular weight is 274 g/mol. The van der Waals surface area contributed by atoms with Crippen LogP contribution in [0.15, 0.2) is 24.3 Å². The van der Waals surface area contributed by atoms with Gasteiger partial charge in [0.15, 0.2) is 5.82 Å². The number of hydrogen-bond donors (Lipinski definition) is 1. The summed E-state index contributed by atoms with van der Waals surface area (Å²) in [7, 11) is 0. The standard InChI is InChI=1S/C14H22N6/c1-4-15-12-7-9-13(10-8-12)20-14(16-17-18-20)11-19(5-2)6-3/h7-10,15H,4-6,11H2,1-3H3. The molecule has 0 aliphatic carbocycles. The van der Waals surface area contributed by atoms with Crippen molar-refractivity contribution in [3.63, 3.8) is 0 Å². The summed E-state index contributed by atoms with van der Waals surface area (Å²) in [5, 5.41) is 15.3. The van der Waals surface area contributed by atoms with Crippen molar-refractivity contribution in [1.82, 2.24) is 25.1 Å². The van der Waals surface area contributed by atoms with Gasteiger partial charge in [-0.05, 0) is 54.7 Å². The summed E-state index contributed by atoms with van der Waals surface area (Å²) in [6.07, 6.45) is 0. The summed E-state index contributed by atoms with van der Waals surface area (Å²) in [6, 6.07) is 8.14. The van der Waals surface area contributed by atoms with Crippen LogP contribution in [0.5, 0.6) is 0 Å². The molecule has 6 heteroatoms. The second-order valence-corrected chi connectivity index (χ2v) is 4.55. The smallest absolute Gasteiger partial charge is 0.170 e. The molecule has 0 saturated heterocycles. The number of aromatic nitrogens is 4. The van der Waals surface area contributed by atoms with E-state index in [9.17, 15) is 0 Å². The van der Waals surface area contributed by atoms with Crippen molar-refractivity contribution < 1.29 is 0 Å². The Balaban J connectivity index is 2.18. The molecular formula is C14H22N6. The summed E-state index contributed by atoms with van der Waals surface area (Å²) < 4.78 is 1.80. The topological polar surface area (TPSA) is 58.9 Å². The Hall–Kier alpha value is -1.95. The van der Waals surface area contributed by atoms with Gasteiger partial charge in [-0.15, -0.1) is 5.10 Å². The second-order valence-electron chi connectivity index (χ2n) is 4.55. The van der Waals surface area contributed by atoms with E-state index in [4.69, 9.17) is 0 Å². The van der Waals surface area contributed by atoms with Crippen LogP contribution in [0.25, 0.3) is 5.69 Å². The van der Waals surface area contributed by atoms with Crippen LogP contribution in [0.3, 0.4) is 0 Å². The van der Waals surface area contributed by atoms with Crippen molar-refractivity contribution in [2.45, 2.75) is 27.3 Å². The van der Waals surface area contributed by atoms with Crippen LogP contribution >= 0.6 is 0 Å². The van der Waals surface area contributed by atoms with Gasteiger partial charge in [-0.2, -0.15) is 4.68 Å². The van der Waals surface area contributed by atoms with Gasteiger partial charge in [-0.3, -0.25) is 4.90 Å². The number of nitrogens with one attached hydrogen (secondary N) is 1. The number of rotatable bonds is 7. The molecule has 0 aliphatic rings. The molecule has 0 amide bonds. The maximum absolute atomic E-state index is 4.13. The Kier molecular flexibility index (Phi) is 5.06. The highest BCUT2D eigenvalue weighted by Gasteiger charge is 2.11. The summed E-state index contributed by atoms with van der Waals surface area (Å²) >= 11 is 0. The zero-order valence-electron chi connectivity index (χ0n) is 12.4. The van der Waals surface area contributed by atoms with E-state index >= 15 is 0 Å². The van der Waals surface area contributed by atoms with E-state index in [2.05, 4.69) is 46.5 Å². The summed E-state index contributed by atoms with van der Waals surface area (Å²) in [5.41, 5.74) is 2.09. The molecule has 20 heavy (non-hydrogen) atoms. The SMILES string of the molecule is CCNc1ccc(-n2nnnc2CN(CC)CC)cc1.